The van der Waals surface area contributed by atoms with E-state index in [9.17, 15) is 10.2 Å². The van der Waals surface area contributed by atoms with Crippen LogP contribution in [-0.4, -0.2) is 36.5 Å². The topological polar surface area (TPSA) is 52.9 Å². The van der Waals surface area contributed by atoms with Crippen molar-refractivity contribution in [2.24, 2.45) is 5.92 Å². The van der Waals surface area contributed by atoms with Crippen molar-refractivity contribution in [1.82, 2.24) is 0 Å². The van der Waals surface area contributed by atoms with Crippen molar-refractivity contribution in [3.05, 3.63) is 23.8 Å². The van der Waals surface area contributed by atoms with Crippen LogP contribution in [0.15, 0.2) is 18.2 Å². The summed E-state index contributed by atoms with van der Waals surface area (Å²) in [6, 6.07) is 5.96. The lowest BCUT2D eigenvalue weighted by molar-refractivity contribution is 0.195. The summed E-state index contributed by atoms with van der Waals surface area (Å²) in [5, 5.41) is 19.6. The van der Waals surface area contributed by atoms with E-state index in [0.29, 0.717) is 18.2 Å². The van der Waals surface area contributed by atoms with Crippen molar-refractivity contribution >= 4 is 5.69 Å². The van der Waals surface area contributed by atoms with E-state index in [2.05, 4.69) is 11.8 Å². The third kappa shape index (κ3) is 3.44. The Hall–Kier alpha value is -1.26. The highest BCUT2D eigenvalue weighted by Gasteiger charge is 2.32. The van der Waals surface area contributed by atoms with E-state index in [1.807, 2.05) is 6.07 Å². The Balaban J connectivity index is 2.21. The van der Waals surface area contributed by atoms with Gasteiger partial charge in [0.05, 0.1) is 12.7 Å². The maximum Gasteiger partial charge on any atom is 0.123 e. The van der Waals surface area contributed by atoms with Gasteiger partial charge in [-0.25, -0.2) is 0 Å². The van der Waals surface area contributed by atoms with Gasteiger partial charge in [0.1, 0.15) is 5.75 Å². The molecule has 1 fully saturated rings. The number of benzene rings is 1. The van der Waals surface area contributed by atoms with Crippen molar-refractivity contribution in [1.29, 1.82) is 0 Å². The molecule has 20 heavy (non-hydrogen) atoms. The summed E-state index contributed by atoms with van der Waals surface area (Å²) in [6.45, 7) is 5.36. The first kappa shape index (κ1) is 15.1. The summed E-state index contributed by atoms with van der Waals surface area (Å²) in [7, 11) is 1.70. The molecule has 0 aromatic heterocycles. The number of aliphatic hydroxyl groups is 1. The van der Waals surface area contributed by atoms with Crippen LogP contribution in [0.25, 0.3) is 0 Å². The molecule has 1 saturated carbocycles. The van der Waals surface area contributed by atoms with Crippen LogP contribution in [0.2, 0.25) is 0 Å². The minimum absolute atomic E-state index is 0.155. The van der Waals surface area contributed by atoms with Crippen LogP contribution in [0.1, 0.15) is 38.4 Å². The molecule has 0 spiro atoms. The number of aromatic hydroxyl groups is 1. The van der Waals surface area contributed by atoms with Gasteiger partial charge >= 0.3 is 0 Å². The van der Waals surface area contributed by atoms with Crippen LogP contribution >= 0.6 is 0 Å². The van der Waals surface area contributed by atoms with E-state index < -0.39 is 6.10 Å². The first-order chi connectivity index (χ1) is 9.54. The van der Waals surface area contributed by atoms with Gasteiger partial charge in [0.15, 0.2) is 0 Å². The van der Waals surface area contributed by atoms with Crippen LogP contribution in [0.3, 0.4) is 0 Å². The predicted molar refractivity (Wildman–Crippen MR) is 80.1 cm³/mol. The molecule has 2 atom stereocenters. The first-order valence-corrected chi connectivity index (χ1v) is 7.31. The normalized spacial score (nSPS) is 17.8. The summed E-state index contributed by atoms with van der Waals surface area (Å²) in [6.07, 6.45) is 1.91. The van der Waals surface area contributed by atoms with Crippen molar-refractivity contribution in [3.63, 3.8) is 0 Å². The summed E-state index contributed by atoms with van der Waals surface area (Å²) < 4.78 is 5.19. The number of nitrogens with zero attached hydrogens (tertiary/aromatic N) is 1. The van der Waals surface area contributed by atoms with Gasteiger partial charge in [-0.1, -0.05) is 6.07 Å². The van der Waals surface area contributed by atoms with E-state index in [-0.39, 0.29) is 5.75 Å². The van der Waals surface area contributed by atoms with Crippen LogP contribution in [0.4, 0.5) is 5.69 Å². The lowest BCUT2D eigenvalue weighted by Crippen LogP contribution is -2.37. The van der Waals surface area contributed by atoms with Crippen molar-refractivity contribution in [2.75, 3.05) is 25.2 Å². The molecular formula is C16H25NO3. The SMILES string of the molecule is COCCN(c1ccc(C(C)O)c(O)c1)C(C)C1CC1. The molecule has 0 amide bonds. The number of rotatable bonds is 7. The Kier molecular flexibility index (Phi) is 4.89. The van der Waals surface area contributed by atoms with Gasteiger partial charge < -0.3 is 19.8 Å². The van der Waals surface area contributed by atoms with Crippen LogP contribution in [0, 0.1) is 5.92 Å². The van der Waals surface area contributed by atoms with Gasteiger partial charge in [-0.15, -0.1) is 0 Å². The van der Waals surface area contributed by atoms with Gasteiger partial charge in [0.2, 0.25) is 0 Å². The fraction of sp³-hybridized carbons (Fsp3) is 0.625. The quantitative estimate of drug-likeness (QED) is 0.806. The molecule has 4 nitrogen and oxygen atoms in total. The lowest BCUT2D eigenvalue weighted by atomic mass is 10.1. The van der Waals surface area contributed by atoms with Gasteiger partial charge in [-0.3, -0.25) is 0 Å². The zero-order valence-electron chi connectivity index (χ0n) is 12.5. The minimum atomic E-state index is -0.655. The second-order valence-electron chi connectivity index (χ2n) is 5.68. The second-order valence-corrected chi connectivity index (χ2v) is 5.68. The molecule has 2 N–H and O–H groups in total. The van der Waals surface area contributed by atoms with E-state index in [1.165, 1.54) is 12.8 Å². The zero-order valence-corrected chi connectivity index (χ0v) is 12.5. The van der Waals surface area contributed by atoms with Crippen molar-refractivity contribution in [3.8, 4) is 5.75 Å². The average Bonchev–Trinajstić information content (AvgIpc) is 3.22. The molecule has 2 rings (SSSR count). The molecule has 4 heteroatoms. The molecule has 1 aromatic carbocycles. The van der Waals surface area contributed by atoms with E-state index in [1.54, 1.807) is 26.2 Å². The van der Waals surface area contributed by atoms with Gasteiger partial charge in [0.25, 0.3) is 0 Å². The molecule has 0 saturated heterocycles. The number of aliphatic hydroxyl groups excluding tert-OH is 1. The number of hydrogen-bond acceptors (Lipinski definition) is 4. The Morgan fingerprint density at radius 3 is 2.55 bits per heavy atom. The molecule has 0 bridgehead atoms. The number of phenols is 1. The summed E-state index contributed by atoms with van der Waals surface area (Å²) in [5.74, 6) is 0.897. The van der Waals surface area contributed by atoms with Crippen LogP contribution in [-0.2, 0) is 4.74 Å². The number of hydrogen-bond donors (Lipinski definition) is 2. The standard InChI is InChI=1S/C16H25NO3/c1-11(13-4-5-13)17(8-9-20-3)14-6-7-15(12(2)18)16(19)10-14/h6-7,10-13,18-19H,4-5,8-9H2,1-3H3. The molecule has 0 heterocycles. The van der Waals surface area contributed by atoms with Crippen LogP contribution in [0.5, 0.6) is 5.75 Å². The average molecular weight is 279 g/mol. The summed E-state index contributed by atoms with van der Waals surface area (Å²) in [5.41, 5.74) is 1.56. The number of methoxy groups -OCH3 is 1. The largest absolute Gasteiger partial charge is 0.507 e. The Labute approximate surface area is 121 Å². The fourth-order valence-electron chi connectivity index (χ4n) is 2.65. The maximum absolute atomic E-state index is 10.1. The highest BCUT2D eigenvalue weighted by molar-refractivity contribution is 5.54. The lowest BCUT2D eigenvalue weighted by Gasteiger charge is -2.32. The molecular weight excluding hydrogens is 254 g/mol. The van der Waals surface area contributed by atoms with Crippen LogP contribution < -0.4 is 4.90 Å². The molecule has 1 aliphatic rings. The van der Waals surface area contributed by atoms with Crippen molar-refractivity contribution < 1.29 is 14.9 Å². The third-order valence-electron chi connectivity index (χ3n) is 4.13. The number of phenolic OH excluding ortho intramolecular Hbond substituents is 1. The molecule has 0 radical (unpaired) electrons. The second kappa shape index (κ2) is 6.46. The smallest absolute Gasteiger partial charge is 0.123 e. The summed E-state index contributed by atoms with van der Waals surface area (Å²) in [4.78, 5) is 2.28. The van der Waals surface area contributed by atoms with Gasteiger partial charge in [0, 0.05) is 37.0 Å². The van der Waals surface area contributed by atoms with Crippen molar-refractivity contribution in [2.45, 2.75) is 38.8 Å². The zero-order chi connectivity index (χ0) is 14.7. The predicted octanol–water partition coefficient (Wildman–Crippen LogP) is 2.70. The van der Waals surface area contributed by atoms with E-state index in [0.717, 1.165) is 18.2 Å². The summed E-state index contributed by atoms with van der Waals surface area (Å²) >= 11 is 0. The van der Waals surface area contributed by atoms with Gasteiger partial charge in [-0.2, -0.15) is 0 Å². The Bertz CT molecular complexity index is 443. The monoisotopic (exact) mass is 279 g/mol. The van der Waals surface area contributed by atoms with E-state index in [4.69, 9.17) is 4.74 Å². The Morgan fingerprint density at radius 2 is 2.05 bits per heavy atom. The molecule has 1 aromatic rings. The van der Waals surface area contributed by atoms with Gasteiger partial charge in [-0.05, 0) is 38.7 Å². The third-order valence-corrected chi connectivity index (χ3v) is 4.13. The minimum Gasteiger partial charge on any atom is -0.507 e. The highest BCUT2D eigenvalue weighted by atomic mass is 16.5. The molecule has 1 aliphatic carbocycles. The number of ether oxygens (including phenoxy) is 1. The Morgan fingerprint density at radius 1 is 1.35 bits per heavy atom. The fourth-order valence-corrected chi connectivity index (χ4v) is 2.65. The maximum atomic E-state index is 10.1. The first-order valence-electron chi connectivity index (χ1n) is 7.31. The highest BCUT2D eigenvalue weighted by Crippen LogP contribution is 2.38. The van der Waals surface area contributed by atoms with E-state index >= 15 is 0 Å². The number of anilines is 1. The molecule has 112 valence electrons. The molecule has 2 unspecified atom stereocenters. The molecule has 0 aliphatic heterocycles.